The molecule has 0 saturated heterocycles. The van der Waals surface area contributed by atoms with E-state index in [9.17, 15) is 0 Å². The van der Waals surface area contributed by atoms with Gasteiger partial charge in [-0.2, -0.15) is 0 Å². The Kier molecular flexibility index (Phi) is 4.63. The van der Waals surface area contributed by atoms with Crippen LogP contribution in [0.1, 0.15) is 37.0 Å². The van der Waals surface area contributed by atoms with Crippen LogP contribution in [0.3, 0.4) is 0 Å². The normalized spacial score (nSPS) is 12.4. The average Bonchev–Trinajstić information content (AvgIpc) is 2.90. The summed E-state index contributed by atoms with van der Waals surface area (Å²) in [6.07, 6.45) is 1.62. The Morgan fingerprint density at radius 2 is 1.89 bits per heavy atom. The molecule has 0 saturated carbocycles. The van der Waals surface area contributed by atoms with Gasteiger partial charge >= 0.3 is 0 Å². The average molecular weight is 259 g/mol. The van der Waals surface area contributed by atoms with Gasteiger partial charge in [0, 0.05) is 18.7 Å². The maximum Gasteiger partial charge on any atom is 0.126 e. The second-order valence-corrected chi connectivity index (χ2v) is 4.69. The Balaban J connectivity index is 1.99. The highest BCUT2D eigenvalue weighted by atomic mass is 16.3. The first kappa shape index (κ1) is 13.7. The molecule has 3 nitrogen and oxygen atoms in total. The molecule has 2 rings (SSSR count). The molecule has 2 N–H and O–H groups in total. The number of nitrogens with one attached hydrogen (secondary N) is 1. The maximum absolute atomic E-state index is 8.88. The van der Waals surface area contributed by atoms with E-state index >= 15 is 0 Å². The van der Waals surface area contributed by atoms with Gasteiger partial charge in [0.05, 0.1) is 6.04 Å². The van der Waals surface area contributed by atoms with Gasteiger partial charge in [0.2, 0.25) is 0 Å². The summed E-state index contributed by atoms with van der Waals surface area (Å²) in [6, 6.07) is 12.3. The predicted octanol–water partition coefficient (Wildman–Crippen LogP) is 3.55. The monoisotopic (exact) mass is 259 g/mol. The van der Waals surface area contributed by atoms with Crippen LogP contribution < -0.4 is 5.32 Å². The van der Waals surface area contributed by atoms with Crippen molar-refractivity contribution in [3.63, 3.8) is 0 Å². The van der Waals surface area contributed by atoms with E-state index in [1.807, 2.05) is 36.4 Å². The lowest BCUT2D eigenvalue weighted by Crippen LogP contribution is -2.05. The van der Waals surface area contributed by atoms with Crippen LogP contribution in [-0.2, 0) is 12.8 Å². The zero-order chi connectivity index (χ0) is 13.7. The molecule has 1 aromatic heterocycles. The van der Waals surface area contributed by atoms with E-state index in [1.165, 1.54) is 0 Å². The summed E-state index contributed by atoms with van der Waals surface area (Å²) < 4.78 is 5.73. The summed E-state index contributed by atoms with van der Waals surface area (Å²) in [5.74, 6) is 1.97. The lowest BCUT2D eigenvalue weighted by atomic mass is 10.1. The van der Waals surface area contributed by atoms with Gasteiger partial charge < -0.3 is 14.8 Å². The third-order valence-electron chi connectivity index (χ3n) is 3.20. The van der Waals surface area contributed by atoms with Crippen molar-refractivity contribution in [3.8, 4) is 0 Å². The van der Waals surface area contributed by atoms with E-state index in [2.05, 4.69) is 19.2 Å². The fraction of sp³-hybridized carbons (Fsp3) is 0.375. The third kappa shape index (κ3) is 3.61. The molecule has 0 fully saturated rings. The number of furan rings is 1. The minimum atomic E-state index is 0.143. The topological polar surface area (TPSA) is 45.4 Å². The third-order valence-corrected chi connectivity index (χ3v) is 3.20. The van der Waals surface area contributed by atoms with E-state index in [1.54, 1.807) is 0 Å². The number of benzene rings is 1. The number of anilines is 1. The molecule has 0 bridgehead atoms. The summed E-state index contributed by atoms with van der Waals surface area (Å²) in [5, 5.41) is 12.3. The van der Waals surface area contributed by atoms with Crippen LogP contribution in [0.5, 0.6) is 0 Å². The first-order valence-corrected chi connectivity index (χ1v) is 6.78. The van der Waals surface area contributed by atoms with E-state index in [0.29, 0.717) is 6.42 Å². The quantitative estimate of drug-likeness (QED) is 0.834. The molecule has 1 heterocycles. The molecule has 0 aliphatic rings. The largest absolute Gasteiger partial charge is 0.464 e. The first-order chi connectivity index (χ1) is 9.22. The minimum Gasteiger partial charge on any atom is -0.464 e. The van der Waals surface area contributed by atoms with Crippen LogP contribution in [-0.4, -0.2) is 11.7 Å². The van der Waals surface area contributed by atoms with Gasteiger partial charge in [-0.25, -0.2) is 0 Å². The lowest BCUT2D eigenvalue weighted by Gasteiger charge is -2.13. The molecule has 0 spiro atoms. The van der Waals surface area contributed by atoms with Crippen LogP contribution in [0.2, 0.25) is 0 Å². The smallest absolute Gasteiger partial charge is 0.126 e. The predicted molar refractivity (Wildman–Crippen MR) is 77.4 cm³/mol. The van der Waals surface area contributed by atoms with Crippen molar-refractivity contribution in [3.05, 3.63) is 53.5 Å². The molecule has 2 aromatic rings. The Labute approximate surface area is 114 Å². The van der Waals surface area contributed by atoms with Gasteiger partial charge in [-0.1, -0.05) is 19.1 Å². The summed E-state index contributed by atoms with van der Waals surface area (Å²) in [7, 11) is 0. The van der Waals surface area contributed by atoms with Crippen molar-refractivity contribution in [2.24, 2.45) is 0 Å². The molecule has 1 aromatic carbocycles. The summed E-state index contributed by atoms with van der Waals surface area (Å²) >= 11 is 0. The first-order valence-electron chi connectivity index (χ1n) is 6.78. The Morgan fingerprint density at radius 1 is 1.16 bits per heavy atom. The van der Waals surface area contributed by atoms with E-state index in [0.717, 1.165) is 29.2 Å². The summed E-state index contributed by atoms with van der Waals surface area (Å²) in [4.78, 5) is 0. The van der Waals surface area contributed by atoms with Crippen molar-refractivity contribution in [2.75, 3.05) is 11.9 Å². The van der Waals surface area contributed by atoms with Gasteiger partial charge in [0.25, 0.3) is 0 Å². The summed E-state index contributed by atoms with van der Waals surface area (Å²) in [5.41, 5.74) is 2.20. The van der Waals surface area contributed by atoms with Gasteiger partial charge in [-0.15, -0.1) is 0 Å². The highest BCUT2D eigenvalue weighted by molar-refractivity contribution is 5.46. The van der Waals surface area contributed by atoms with Gasteiger partial charge in [-0.3, -0.25) is 0 Å². The Bertz CT molecular complexity index is 502. The number of aliphatic hydroxyl groups excluding tert-OH is 1. The molecular weight excluding hydrogens is 238 g/mol. The number of hydrogen-bond acceptors (Lipinski definition) is 3. The number of rotatable bonds is 6. The fourth-order valence-electron chi connectivity index (χ4n) is 2.04. The van der Waals surface area contributed by atoms with Crippen molar-refractivity contribution in [1.29, 1.82) is 0 Å². The van der Waals surface area contributed by atoms with Crippen molar-refractivity contribution < 1.29 is 9.52 Å². The second-order valence-electron chi connectivity index (χ2n) is 4.69. The van der Waals surface area contributed by atoms with E-state index in [-0.39, 0.29) is 12.6 Å². The maximum atomic E-state index is 8.88. The van der Waals surface area contributed by atoms with Crippen LogP contribution >= 0.6 is 0 Å². The Hall–Kier alpha value is -1.74. The molecule has 19 heavy (non-hydrogen) atoms. The van der Waals surface area contributed by atoms with Gasteiger partial charge in [-0.05, 0) is 43.2 Å². The number of hydrogen-bond donors (Lipinski definition) is 2. The molecule has 102 valence electrons. The highest BCUT2D eigenvalue weighted by Crippen LogP contribution is 2.21. The van der Waals surface area contributed by atoms with Crippen molar-refractivity contribution >= 4 is 5.69 Å². The second kappa shape index (κ2) is 6.43. The zero-order valence-electron chi connectivity index (χ0n) is 11.5. The SMILES string of the molecule is CCc1ccc(C(C)Nc2ccc(CCO)cc2)o1. The molecule has 1 atom stereocenters. The molecule has 3 heteroatoms. The molecule has 0 amide bonds. The summed E-state index contributed by atoms with van der Waals surface area (Å²) in [6.45, 7) is 4.36. The van der Waals surface area contributed by atoms with E-state index < -0.39 is 0 Å². The number of aryl methyl sites for hydroxylation is 1. The number of aliphatic hydroxyl groups is 1. The van der Waals surface area contributed by atoms with Crippen LogP contribution in [0.4, 0.5) is 5.69 Å². The highest BCUT2D eigenvalue weighted by Gasteiger charge is 2.09. The Morgan fingerprint density at radius 3 is 2.47 bits per heavy atom. The molecule has 0 aliphatic heterocycles. The van der Waals surface area contributed by atoms with Crippen LogP contribution in [0, 0.1) is 0 Å². The lowest BCUT2D eigenvalue weighted by molar-refractivity contribution is 0.299. The van der Waals surface area contributed by atoms with Gasteiger partial charge in [0.1, 0.15) is 11.5 Å². The van der Waals surface area contributed by atoms with Crippen LogP contribution in [0.15, 0.2) is 40.8 Å². The van der Waals surface area contributed by atoms with E-state index in [4.69, 9.17) is 9.52 Å². The van der Waals surface area contributed by atoms with Crippen molar-refractivity contribution in [1.82, 2.24) is 0 Å². The fourth-order valence-corrected chi connectivity index (χ4v) is 2.04. The molecule has 1 unspecified atom stereocenters. The molecule has 0 radical (unpaired) electrons. The van der Waals surface area contributed by atoms with Crippen LogP contribution in [0.25, 0.3) is 0 Å². The zero-order valence-corrected chi connectivity index (χ0v) is 11.5. The minimum absolute atomic E-state index is 0.143. The molecule has 0 aliphatic carbocycles. The molecular formula is C16H21NO2. The standard InChI is InChI=1S/C16H21NO2/c1-3-15-8-9-16(19-15)12(2)17-14-6-4-13(5-7-14)10-11-18/h4-9,12,17-18H,3,10-11H2,1-2H3. The van der Waals surface area contributed by atoms with Crippen molar-refractivity contribution in [2.45, 2.75) is 32.7 Å². The van der Waals surface area contributed by atoms with Gasteiger partial charge in [0.15, 0.2) is 0 Å².